The third-order valence-corrected chi connectivity index (χ3v) is 8.28. The third kappa shape index (κ3) is 9.47. The number of aliphatic hydroxyl groups excluding tert-OH is 2. The number of alkyl carbamates (subject to hydrolysis) is 1. The number of amides is 1. The van der Waals surface area contributed by atoms with Gasteiger partial charge in [-0.2, -0.15) is 4.31 Å². The molecule has 0 aliphatic carbocycles. The second kappa shape index (κ2) is 14.6. The number of hydrogen-bond donors (Lipinski definition) is 3. The second-order valence-electron chi connectivity index (χ2n) is 10.2. The smallest absolute Gasteiger partial charge is 0.407 e. The van der Waals surface area contributed by atoms with E-state index in [9.17, 15) is 23.4 Å². The van der Waals surface area contributed by atoms with E-state index < -0.39 is 40.5 Å². The van der Waals surface area contributed by atoms with Crippen LogP contribution < -0.4 is 10.1 Å². The van der Waals surface area contributed by atoms with E-state index in [4.69, 9.17) is 14.2 Å². The summed E-state index contributed by atoms with van der Waals surface area (Å²) >= 11 is 0. The minimum atomic E-state index is -3.95. The predicted octanol–water partition coefficient (Wildman–Crippen LogP) is 2.58. The zero-order chi connectivity index (χ0) is 28.4. The summed E-state index contributed by atoms with van der Waals surface area (Å²) in [5.41, 5.74) is 0.850. The average molecular weight is 565 g/mol. The Bertz CT molecular complexity index is 1130. The average Bonchev–Trinajstić information content (AvgIpc) is 3.11. The second-order valence-corrected chi connectivity index (χ2v) is 12.1. The molecule has 216 valence electrons. The molecule has 3 N–H and O–H groups in total. The normalized spacial score (nSPS) is 19.8. The maximum absolute atomic E-state index is 13.6. The van der Waals surface area contributed by atoms with E-state index in [2.05, 4.69) is 5.32 Å². The first-order valence-corrected chi connectivity index (χ1v) is 14.6. The van der Waals surface area contributed by atoms with Crippen molar-refractivity contribution in [3.05, 3.63) is 60.2 Å². The highest BCUT2D eigenvalue weighted by atomic mass is 32.2. The van der Waals surface area contributed by atoms with E-state index in [1.807, 2.05) is 44.2 Å². The molecule has 0 aromatic heterocycles. The molecule has 10 nitrogen and oxygen atoms in total. The lowest BCUT2D eigenvalue weighted by molar-refractivity contribution is 0.0197. The lowest BCUT2D eigenvalue weighted by Gasteiger charge is -2.31. The number of carbonyl (C=O) groups is 1. The van der Waals surface area contributed by atoms with Crippen LogP contribution >= 0.6 is 0 Å². The number of nitrogens with one attached hydrogen (secondary N) is 1. The summed E-state index contributed by atoms with van der Waals surface area (Å²) in [5.74, 6) is 0.513. The van der Waals surface area contributed by atoms with Gasteiger partial charge in [0.2, 0.25) is 10.0 Å². The van der Waals surface area contributed by atoms with Crippen LogP contribution in [0.1, 0.15) is 32.3 Å². The zero-order valence-electron chi connectivity index (χ0n) is 22.7. The lowest BCUT2D eigenvalue weighted by Crippen LogP contribution is -2.51. The van der Waals surface area contributed by atoms with E-state index >= 15 is 0 Å². The molecule has 2 aromatic rings. The van der Waals surface area contributed by atoms with E-state index in [0.717, 1.165) is 5.56 Å². The number of aliphatic hydroxyl groups is 2. The van der Waals surface area contributed by atoms with Gasteiger partial charge in [0, 0.05) is 26.1 Å². The fourth-order valence-electron chi connectivity index (χ4n) is 4.40. The molecule has 39 heavy (non-hydrogen) atoms. The third-order valence-electron chi connectivity index (χ3n) is 6.43. The van der Waals surface area contributed by atoms with Crippen molar-refractivity contribution in [2.45, 2.75) is 62.4 Å². The fraction of sp³-hybridized carbons (Fsp3) is 0.536. The summed E-state index contributed by atoms with van der Waals surface area (Å²) in [6, 6.07) is 14.5. The van der Waals surface area contributed by atoms with Crippen molar-refractivity contribution in [3.8, 4) is 5.75 Å². The molecule has 1 amide bonds. The van der Waals surface area contributed by atoms with E-state index in [1.54, 1.807) is 12.1 Å². The number of carbonyl (C=O) groups excluding carboxylic acids is 1. The van der Waals surface area contributed by atoms with Gasteiger partial charge >= 0.3 is 6.09 Å². The molecular formula is C28H40N2O8S. The van der Waals surface area contributed by atoms with Crippen LogP contribution in [0.3, 0.4) is 0 Å². The largest absolute Gasteiger partial charge is 0.497 e. The topological polar surface area (TPSA) is 135 Å². The van der Waals surface area contributed by atoms with Crippen LogP contribution in [-0.4, -0.2) is 86.8 Å². The molecule has 0 spiro atoms. The Morgan fingerprint density at radius 3 is 2.46 bits per heavy atom. The van der Waals surface area contributed by atoms with Crippen molar-refractivity contribution in [3.63, 3.8) is 0 Å². The predicted molar refractivity (Wildman–Crippen MR) is 146 cm³/mol. The minimum Gasteiger partial charge on any atom is -0.497 e. The number of benzene rings is 2. The van der Waals surface area contributed by atoms with Crippen molar-refractivity contribution < 1.29 is 37.6 Å². The Balaban J connectivity index is 1.79. The molecule has 1 fully saturated rings. The minimum absolute atomic E-state index is 0.0163. The maximum Gasteiger partial charge on any atom is 0.407 e. The van der Waals surface area contributed by atoms with Crippen LogP contribution in [0.4, 0.5) is 4.79 Å². The molecule has 4 atom stereocenters. The first-order valence-electron chi connectivity index (χ1n) is 13.2. The van der Waals surface area contributed by atoms with Crippen LogP contribution in [0.2, 0.25) is 0 Å². The Labute approximate surface area is 230 Å². The van der Waals surface area contributed by atoms with Crippen LogP contribution in [0.15, 0.2) is 59.5 Å². The van der Waals surface area contributed by atoms with Gasteiger partial charge in [0.25, 0.3) is 0 Å². The molecule has 0 saturated carbocycles. The van der Waals surface area contributed by atoms with Gasteiger partial charge in [-0.3, -0.25) is 0 Å². The first-order chi connectivity index (χ1) is 18.6. The van der Waals surface area contributed by atoms with Crippen molar-refractivity contribution in [1.29, 1.82) is 0 Å². The van der Waals surface area contributed by atoms with Gasteiger partial charge in [-0.25, -0.2) is 13.2 Å². The Morgan fingerprint density at radius 1 is 1.13 bits per heavy atom. The molecular weight excluding hydrogens is 524 g/mol. The molecule has 1 heterocycles. The van der Waals surface area contributed by atoms with Crippen molar-refractivity contribution in [2.24, 2.45) is 5.92 Å². The summed E-state index contributed by atoms with van der Waals surface area (Å²) in [5, 5.41) is 24.1. The Hall–Kier alpha value is -2.70. The van der Waals surface area contributed by atoms with Gasteiger partial charge in [-0.05, 0) is 48.6 Å². The van der Waals surface area contributed by atoms with Gasteiger partial charge in [0.15, 0.2) is 0 Å². The zero-order valence-corrected chi connectivity index (χ0v) is 23.5. The standard InChI is InChI=1S/C28H40N2O8S/c1-20(2)17-30(39(34,35)25-11-9-23(36-3)10-12-25)18-27(32)26(15-21-7-5-4-6-8-21)29-28(33)38-24-16-22(31)13-14-37-19-24/h4-12,20,22,24,26-27,31-32H,13-19H2,1-3H3,(H,29,33)/t22?,24?,26-,27+/m0/s1. The molecule has 11 heteroatoms. The number of hydrogen-bond acceptors (Lipinski definition) is 8. The highest BCUT2D eigenvalue weighted by molar-refractivity contribution is 7.89. The van der Waals surface area contributed by atoms with E-state index in [0.29, 0.717) is 18.8 Å². The summed E-state index contributed by atoms with van der Waals surface area (Å²) in [7, 11) is -2.45. The van der Waals surface area contributed by atoms with Gasteiger partial charge in [0.05, 0.1) is 36.9 Å². The number of methoxy groups -OCH3 is 1. The highest BCUT2D eigenvalue weighted by Gasteiger charge is 2.32. The van der Waals surface area contributed by atoms with E-state index in [-0.39, 0.29) is 43.4 Å². The SMILES string of the molecule is COc1ccc(S(=O)(=O)N(CC(C)C)C[C@@H](O)[C@H](Cc2ccccc2)NC(=O)OC2COCCC(O)C2)cc1. The fourth-order valence-corrected chi connectivity index (χ4v) is 6.03. The summed E-state index contributed by atoms with van der Waals surface area (Å²) in [4.78, 5) is 12.9. The molecule has 1 aliphatic rings. The molecule has 3 rings (SSSR count). The number of nitrogens with zero attached hydrogens (tertiary/aromatic N) is 1. The van der Waals surface area contributed by atoms with E-state index in [1.165, 1.54) is 23.5 Å². The van der Waals surface area contributed by atoms with Crippen molar-refractivity contribution in [2.75, 3.05) is 33.4 Å². The lowest BCUT2D eigenvalue weighted by atomic mass is 10.0. The van der Waals surface area contributed by atoms with Crippen LogP contribution in [-0.2, 0) is 25.9 Å². The summed E-state index contributed by atoms with van der Waals surface area (Å²) in [6.45, 7) is 4.26. The number of sulfonamides is 1. The molecule has 0 bridgehead atoms. The quantitative estimate of drug-likeness (QED) is 0.358. The van der Waals surface area contributed by atoms with Crippen LogP contribution in [0, 0.1) is 5.92 Å². The number of rotatable bonds is 12. The summed E-state index contributed by atoms with van der Waals surface area (Å²) < 4.78 is 44.4. The monoisotopic (exact) mass is 564 g/mol. The van der Waals surface area contributed by atoms with Gasteiger partial charge in [0.1, 0.15) is 11.9 Å². The maximum atomic E-state index is 13.6. The highest BCUT2D eigenvalue weighted by Crippen LogP contribution is 2.22. The van der Waals surface area contributed by atoms with Gasteiger partial charge in [-0.1, -0.05) is 44.2 Å². The van der Waals surface area contributed by atoms with Gasteiger partial charge < -0.3 is 29.7 Å². The Kier molecular flexibility index (Phi) is 11.6. The van der Waals surface area contributed by atoms with Crippen LogP contribution in [0.5, 0.6) is 5.75 Å². The van der Waals surface area contributed by atoms with Crippen LogP contribution in [0.25, 0.3) is 0 Å². The molecule has 2 unspecified atom stereocenters. The molecule has 2 aromatic carbocycles. The molecule has 0 radical (unpaired) electrons. The van der Waals surface area contributed by atoms with Crippen molar-refractivity contribution >= 4 is 16.1 Å². The first kappa shape index (κ1) is 30.8. The van der Waals surface area contributed by atoms with Crippen molar-refractivity contribution in [1.82, 2.24) is 9.62 Å². The molecule has 1 saturated heterocycles. The summed E-state index contributed by atoms with van der Waals surface area (Å²) in [6.07, 6.45) is -2.33. The number of ether oxygens (including phenoxy) is 3. The molecule has 1 aliphatic heterocycles. The van der Waals surface area contributed by atoms with Gasteiger partial charge in [-0.15, -0.1) is 0 Å². The Morgan fingerprint density at radius 2 is 1.82 bits per heavy atom.